The van der Waals surface area contributed by atoms with Gasteiger partial charge in [-0.3, -0.25) is 4.99 Å². The van der Waals surface area contributed by atoms with E-state index < -0.39 is 0 Å². The first-order chi connectivity index (χ1) is 14.5. The fourth-order valence-electron chi connectivity index (χ4n) is 2.86. The number of nitriles is 1. The zero-order valence-electron chi connectivity index (χ0n) is 16.9. The Kier molecular flexibility index (Phi) is 8.63. The third-order valence-corrected chi connectivity index (χ3v) is 4.39. The minimum Gasteiger partial charge on any atom is -0.497 e. The number of nitrogen functional groups attached to an aromatic ring is 1. The molecule has 1 aromatic heterocycles. The van der Waals surface area contributed by atoms with Gasteiger partial charge in [0.15, 0.2) is 5.96 Å². The Labute approximate surface area is 196 Å². The standard InChI is InChI=1S/C21H22FN7O.HI/c1-30-17-10-6-15(7-11-17)27-21(25)26-12-2-3-19-18(13-23)20(24)29(28-19)16-8-4-14(22)5-9-16;/h4-11H,2-3,12,24H2,1H3,(H3,25,26,27);1H. The van der Waals surface area contributed by atoms with Crippen molar-refractivity contribution in [3.05, 3.63) is 65.6 Å². The first-order valence-electron chi connectivity index (χ1n) is 9.26. The Morgan fingerprint density at radius 2 is 1.90 bits per heavy atom. The number of aliphatic imine (C=N–C) groups is 1. The molecule has 5 N–H and O–H groups in total. The highest BCUT2D eigenvalue weighted by Crippen LogP contribution is 2.22. The third-order valence-electron chi connectivity index (χ3n) is 4.39. The molecule has 0 saturated heterocycles. The van der Waals surface area contributed by atoms with Crippen molar-refractivity contribution in [3.8, 4) is 17.5 Å². The third kappa shape index (κ3) is 6.08. The van der Waals surface area contributed by atoms with Crippen LogP contribution in [0.1, 0.15) is 17.7 Å². The molecule has 0 spiro atoms. The van der Waals surface area contributed by atoms with Gasteiger partial charge >= 0.3 is 0 Å². The average molecular weight is 535 g/mol. The maximum atomic E-state index is 13.1. The molecule has 0 unspecified atom stereocenters. The predicted octanol–water partition coefficient (Wildman–Crippen LogP) is 3.45. The van der Waals surface area contributed by atoms with E-state index in [1.54, 1.807) is 19.2 Å². The number of benzene rings is 2. The van der Waals surface area contributed by atoms with Crippen LogP contribution in [0.2, 0.25) is 0 Å². The van der Waals surface area contributed by atoms with E-state index in [1.165, 1.54) is 16.8 Å². The number of halogens is 2. The quantitative estimate of drug-likeness (QED) is 0.184. The molecule has 31 heavy (non-hydrogen) atoms. The molecule has 0 aliphatic rings. The van der Waals surface area contributed by atoms with Crippen molar-refractivity contribution in [2.45, 2.75) is 12.8 Å². The van der Waals surface area contributed by atoms with E-state index in [0.29, 0.717) is 36.3 Å². The largest absolute Gasteiger partial charge is 0.497 e. The van der Waals surface area contributed by atoms with Gasteiger partial charge in [-0.25, -0.2) is 9.07 Å². The topological polar surface area (TPSA) is 127 Å². The molecular weight excluding hydrogens is 512 g/mol. The summed E-state index contributed by atoms with van der Waals surface area (Å²) in [6, 6.07) is 15.1. The summed E-state index contributed by atoms with van der Waals surface area (Å²) in [4.78, 5) is 4.29. The Bertz CT molecular complexity index is 1070. The molecule has 0 amide bonds. The van der Waals surface area contributed by atoms with E-state index in [4.69, 9.17) is 16.2 Å². The van der Waals surface area contributed by atoms with Gasteiger partial charge < -0.3 is 21.5 Å². The number of nitrogens with two attached hydrogens (primary N) is 2. The van der Waals surface area contributed by atoms with Gasteiger partial charge in [0.1, 0.15) is 29.0 Å². The Hall–Kier alpha value is -3.33. The second-order valence-electron chi connectivity index (χ2n) is 6.43. The summed E-state index contributed by atoms with van der Waals surface area (Å²) in [7, 11) is 1.60. The molecule has 0 aliphatic carbocycles. The Morgan fingerprint density at radius 3 is 2.52 bits per heavy atom. The average Bonchev–Trinajstić information content (AvgIpc) is 3.07. The summed E-state index contributed by atoms with van der Waals surface area (Å²) in [6.45, 7) is 0.448. The van der Waals surface area contributed by atoms with Crippen LogP contribution in [0.4, 0.5) is 15.9 Å². The van der Waals surface area contributed by atoms with Crippen molar-refractivity contribution in [2.75, 3.05) is 24.7 Å². The second-order valence-corrected chi connectivity index (χ2v) is 6.43. The van der Waals surface area contributed by atoms with Gasteiger partial charge in [-0.05, 0) is 61.4 Å². The molecule has 2 aromatic carbocycles. The minimum absolute atomic E-state index is 0. The summed E-state index contributed by atoms with van der Waals surface area (Å²) < 4.78 is 19.7. The maximum Gasteiger partial charge on any atom is 0.193 e. The number of rotatable bonds is 7. The number of nitrogens with one attached hydrogen (secondary N) is 1. The van der Waals surface area contributed by atoms with Gasteiger partial charge in [0.25, 0.3) is 0 Å². The summed E-state index contributed by atoms with van der Waals surface area (Å²) in [5.74, 6) is 0.910. The molecule has 0 aliphatic heterocycles. The smallest absolute Gasteiger partial charge is 0.193 e. The van der Waals surface area contributed by atoms with Crippen molar-refractivity contribution in [1.29, 1.82) is 5.26 Å². The number of nitrogens with zero attached hydrogens (tertiary/aromatic N) is 4. The first-order valence-corrected chi connectivity index (χ1v) is 9.26. The lowest BCUT2D eigenvalue weighted by molar-refractivity contribution is 0.415. The molecule has 8 nitrogen and oxygen atoms in total. The van der Waals surface area contributed by atoms with Gasteiger partial charge in [0, 0.05) is 12.2 Å². The number of methoxy groups -OCH3 is 1. The van der Waals surface area contributed by atoms with E-state index in [2.05, 4.69) is 21.5 Å². The van der Waals surface area contributed by atoms with Gasteiger partial charge in [-0.1, -0.05) is 0 Å². The Balaban J connectivity index is 0.00000341. The van der Waals surface area contributed by atoms with Crippen LogP contribution in [-0.4, -0.2) is 29.4 Å². The highest BCUT2D eigenvalue weighted by Gasteiger charge is 2.16. The zero-order valence-corrected chi connectivity index (χ0v) is 19.2. The summed E-state index contributed by atoms with van der Waals surface area (Å²) in [5.41, 5.74) is 14.2. The fraction of sp³-hybridized carbons (Fsp3) is 0.190. The van der Waals surface area contributed by atoms with E-state index >= 15 is 0 Å². The van der Waals surface area contributed by atoms with Crippen LogP contribution >= 0.6 is 24.0 Å². The van der Waals surface area contributed by atoms with Crippen LogP contribution in [0.3, 0.4) is 0 Å². The molecule has 0 atom stereocenters. The highest BCUT2D eigenvalue weighted by molar-refractivity contribution is 14.0. The van der Waals surface area contributed by atoms with Crippen molar-refractivity contribution >= 4 is 41.4 Å². The molecular formula is C21H23FIN7O. The molecule has 0 fully saturated rings. The van der Waals surface area contributed by atoms with Gasteiger partial charge in [-0.15, -0.1) is 24.0 Å². The summed E-state index contributed by atoms with van der Waals surface area (Å²) >= 11 is 0. The van der Waals surface area contributed by atoms with E-state index in [9.17, 15) is 9.65 Å². The monoisotopic (exact) mass is 535 g/mol. The zero-order chi connectivity index (χ0) is 21.5. The number of aromatic nitrogens is 2. The second kappa shape index (κ2) is 11.2. The van der Waals surface area contributed by atoms with Crippen molar-refractivity contribution in [3.63, 3.8) is 0 Å². The fourth-order valence-corrected chi connectivity index (χ4v) is 2.86. The molecule has 3 rings (SSSR count). The number of hydrogen-bond donors (Lipinski definition) is 3. The number of guanidine groups is 1. The van der Waals surface area contributed by atoms with Crippen LogP contribution in [-0.2, 0) is 6.42 Å². The normalized spacial score (nSPS) is 10.8. The van der Waals surface area contributed by atoms with Crippen LogP contribution in [0.25, 0.3) is 5.69 Å². The van der Waals surface area contributed by atoms with Gasteiger partial charge in [0.2, 0.25) is 0 Å². The molecule has 0 bridgehead atoms. The SMILES string of the molecule is COc1ccc(NC(N)=NCCCc2nn(-c3ccc(F)cc3)c(N)c2C#N)cc1.I. The first kappa shape index (κ1) is 23.9. The van der Waals surface area contributed by atoms with Crippen molar-refractivity contribution in [1.82, 2.24) is 9.78 Å². The van der Waals surface area contributed by atoms with Crippen LogP contribution in [0.5, 0.6) is 5.75 Å². The summed E-state index contributed by atoms with van der Waals surface area (Å²) in [5, 5.41) is 16.9. The lowest BCUT2D eigenvalue weighted by Gasteiger charge is -2.06. The molecule has 10 heteroatoms. The lowest BCUT2D eigenvalue weighted by atomic mass is 10.1. The van der Waals surface area contributed by atoms with Gasteiger partial charge in [-0.2, -0.15) is 10.4 Å². The number of hydrogen-bond acceptors (Lipinski definition) is 5. The Morgan fingerprint density at radius 1 is 1.23 bits per heavy atom. The van der Waals surface area contributed by atoms with Crippen molar-refractivity contribution < 1.29 is 9.13 Å². The number of anilines is 2. The maximum absolute atomic E-state index is 13.1. The molecule has 162 valence electrons. The minimum atomic E-state index is -0.357. The molecule has 0 saturated carbocycles. The van der Waals surface area contributed by atoms with Crippen LogP contribution in [0.15, 0.2) is 53.5 Å². The predicted molar refractivity (Wildman–Crippen MR) is 129 cm³/mol. The van der Waals surface area contributed by atoms with Crippen molar-refractivity contribution in [2.24, 2.45) is 10.7 Å². The molecule has 0 radical (unpaired) electrons. The lowest BCUT2D eigenvalue weighted by Crippen LogP contribution is -2.22. The summed E-state index contributed by atoms with van der Waals surface area (Å²) in [6.07, 6.45) is 1.13. The molecule has 3 aromatic rings. The van der Waals surface area contributed by atoms with E-state index in [0.717, 1.165) is 11.4 Å². The van der Waals surface area contributed by atoms with E-state index in [1.807, 2.05) is 24.3 Å². The van der Waals surface area contributed by atoms with Gasteiger partial charge in [0.05, 0.1) is 18.5 Å². The van der Waals surface area contributed by atoms with Crippen LogP contribution in [0, 0.1) is 17.1 Å². The number of ether oxygens (including phenoxy) is 1. The number of aryl methyl sites for hydroxylation is 1. The van der Waals surface area contributed by atoms with Crippen LogP contribution < -0.4 is 21.5 Å². The highest BCUT2D eigenvalue weighted by atomic mass is 127. The van der Waals surface area contributed by atoms with E-state index in [-0.39, 0.29) is 41.6 Å². The molecule has 1 heterocycles.